The lowest BCUT2D eigenvalue weighted by molar-refractivity contribution is 0.00863. The molecule has 0 radical (unpaired) electrons. The molecule has 0 aliphatic rings. The van der Waals surface area contributed by atoms with Crippen LogP contribution >= 0.6 is 0 Å². The van der Waals surface area contributed by atoms with Crippen LogP contribution in [0.3, 0.4) is 0 Å². The molecule has 0 bridgehead atoms. The molecule has 1 aromatic rings. The van der Waals surface area contributed by atoms with Crippen molar-refractivity contribution in [3.63, 3.8) is 0 Å². The Morgan fingerprint density at radius 3 is 2.16 bits per heavy atom. The molecule has 4 heteroatoms. The van der Waals surface area contributed by atoms with E-state index < -0.39 is 11.1 Å². The van der Waals surface area contributed by atoms with Crippen molar-refractivity contribution >= 4 is 6.09 Å². The van der Waals surface area contributed by atoms with Gasteiger partial charge in [-0.1, -0.05) is 30.3 Å². The van der Waals surface area contributed by atoms with Crippen molar-refractivity contribution in [1.29, 1.82) is 0 Å². The summed E-state index contributed by atoms with van der Waals surface area (Å²) in [5, 5.41) is 0. The Morgan fingerprint density at radius 1 is 1.21 bits per heavy atom. The molecule has 106 valence electrons. The summed E-state index contributed by atoms with van der Waals surface area (Å²) in [6.07, 6.45) is -0.371. The highest BCUT2D eigenvalue weighted by Gasteiger charge is 2.35. The van der Waals surface area contributed by atoms with Crippen molar-refractivity contribution in [2.24, 2.45) is 5.73 Å². The fraction of sp³-hybridized carbons (Fsp3) is 0.533. The Labute approximate surface area is 115 Å². The van der Waals surface area contributed by atoms with Crippen molar-refractivity contribution < 1.29 is 9.53 Å². The predicted octanol–water partition coefficient (Wildman–Crippen LogP) is 2.73. The second-order valence-corrected chi connectivity index (χ2v) is 5.88. The SMILES string of the molecule is CN(C(=O)OC(C)(C)C)[C@](C)(CN)c1ccccc1. The fourth-order valence-electron chi connectivity index (χ4n) is 1.78. The molecule has 0 heterocycles. The third-order valence-electron chi connectivity index (χ3n) is 3.20. The molecule has 19 heavy (non-hydrogen) atoms. The van der Waals surface area contributed by atoms with Crippen LogP contribution in [-0.4, -0.2) is 30.2 Å². The standard InChI is InChI=1S/C15H24N2O2/c1-14(2,3)19-13(18)17(5)15(4,11-16)12-9-7-6-8-10-12/h6-10H,11,16H2,1-5H3/t15-/m1/s1. The van der Waals surface area contributed by atoms with Gasteiger partial charge in [0.25, 0.3) is 0 Å². The number of rotatable bonds is 3. The van der Waals surface area contributed by atoms with E-state index in [2.05, 4.69) is 0 Å². The van der Waals surface area contributed by atoms with E-state index in [9.17, 15) is 4.79 Å². The lowest BCUT2D eigenvalue weighted by Gasteiger charge is -2.39. The molecular weight excluding hydrogens is 240 g/mol. The molecule has 4 nitrogen and oxygen atoms in total. The number of hydrogen-bond acceptors (Lipinski definition) is 3. The number of carbonyl (C=O) groups is 1. The summed E-state index contributed by atoms with van der Waals surface area (Å²) in [5.41, 5.74) is 5.79. The quantitative estimate of drug-likeness (QED) is 0.913. The van der Waals surface area contributed by atoms with Crippen LogP contribution in [0.25, 0.3) is 0 Å². The van der Waals surface area contributed by atoms with E-state index in [1.807, 2.05) is 58.0 Å². The first-order chi connectivity index (χ1) is 8.70. The lowest BCUT2D eigenvalue weighted by Crippen LogP contribution is -2.51. The smallest absolute Gasteiger partial charge is 0.410 e. The summed E-state index contributed by atoms with van der Waals surface area (Å²) in [6, 6.07) is 9.74. The number of nitrogens with two attached hydrogens (primary N) is 1. The number of carbonyl (C=O) groups excluding carboxylic acids is 1. The molecule has 0 spiro atoms. The summed E-state index contributed by atoms with van der Waals surface area (Å²) in [7, 11) is 1.72. The number of benzene rings is 1. The molecule has 1 aromatic carbocycles. The lowest BCUT2D eigenvalue weighted by atomic mass is 9.91. The molecule has 0 fully saturated rings. The number of nitrogens with zero attached hydrogens (tertiary/aromatic N) is 1. The molecule has 0 aliphatic carbocycles. The molecule has 0 saturated heterocycles. The zero-order valence-electron chi connectivity index (χ0n) is 12.4. The number of hydrogen-bond donors (Lipinski definition) is 1. The number of ether oxygens (including phenoxy) is 1. The largest absolute Gasteiger partial charge is 0.444 e. The molecule has 0 saturated carbocycles. The molecule has 0 aromatic heterocycles. The minimum absolute atomic E-state index is 0.326. The van der Waals surface area contributed by atoms with Crippen molar-refractivity contribution in [2.75, 3.05) is 13.6 Å². The van der Waals surface area contributed by atoms with Crippen LogP contribution < -0.4 is 5.73 Å². The van der Waals surface area contributed by atoms with E-state index in [0.29, 0.717) is 6.54 Å². The zero-order chi connectivity index (χ0) is 14.7. The third kappa shape index (κ3) is 3.70. The van der Waals surface area contributed by atoms with Gasteiger partial charge in [0.05, 0.1) is 5.54 Å². The Hall–Kier alpha value is -1.55. The highest BCUT2D eigenvalue weighted by Crippen LogP contribution is 2.27. The summed E-state index contributed by atoms with van der Waals surface area (Å²) in [4.78, 5) is 13.7. The second-order valence-electron chi connectivity index (χ2n) is 5.88. The normalized spacial score (nSPS) is 14.6. The van der Waals surface area contributed by atoms with Gasteiger partial charge in [-0.15, -0.1) is 0 Å². The van der Waals surface area contributed by atoms with Crippen LogP contribution in [0.15, 0.2) is 30.3 Å². The third-order valence-corrected chi connectivity index (χ3v) is 3.20. The minimum atomic E-state index is -0.580. The van der Waals surface area contributed by atoms with Crippen LogP contribution in [0, 0.1) is 0 Å². The first-order valence-corrected chi connectivity index (χ1v) is 6.43. The van der Waals surface area contributed by atoms with E-state index in [1.54, 1.807) is 11.9 Å². The van der Waals surface area contributed by atoms with Crippen molar-refractivity contribution in [2.45, 2.75) is 38.8 Å². The molecule has 1 amide bonds. The Balaban J connectivity index is 2.99. The first-order valence-electron chi connectivity index (χ1n) is 6.43. The monoisotopic (exact) mass is 264 g/mol. The Kier molecular flexibility index (Phi) is 4.58. The van der Waals surface area contributed by atoms with Gasteiger partial charge in [-0.25, -0.2) is 4.79 Å². The second kappa shape index (κ2) is 5.61. The van der Waals surface area contributed by atoms with Crippen molar-refractivity contribution in [3.05, 3.63) is 35.9 Å². The predicted molar refractivity (Wildman–Crippen MR) is 76.8 cm³/mol. The van der Waals surface area contributed by atoms with E-state index in [-0.39, 0.29) is 6.09 Å². The van der Waals surface area contributed by atoms with Gasteiger partial charge < -0.3 is 15.4 Å². The van der Waals surface area contributed by atoms with Gasteiger partial charge >= 0.3 is 6.09 Å². The van der Waals surface area contributed by atoms with Crippen LogP contribution in [0.4, 0.5) is 4.79 Å². The summed E-state index contributed by atoms with van der Waals surface area (Å²) in [5.74, 6) is 0. The Bertz CT molecular complexity index is 426. The minimum Gasteiger partial charge on any atom is -0.444 e. The van der Waals surface area contributed by atoms with Crippen LogP contribution in [0.1, 0.15) is 33.3 Å². The highest BCUT2D eigenvalue weighted by molar-refractivity contribution is 5.69. The van der Waals surface area contributed by atoms with E-state index in [1.165, 1.54) is 0 Å². The molecule has 1 rings (SSSR count). The van der Waals surface area contributed by atoms with Gasteiger partial charge in [0.2, 0.25) is 0 Å². The van der Waals surface area contributed by atoms with Crippen LogP contribution in [0.2, 0.25) is 0 Å². The van der Waals surface area contributed by atoms with E-state index >= 15 is 0 Å². The molecular formula is C15H24N2O2. The van der Waals surface area contributed by atoms with Gasteiger partial charge in [0.15, 0.2) is 0 Å². The topological polar surface area (TPSA) is 55.6 Å². The van der Waals surface area contributed by atoms with Gasteiger partial charge in [-0.05, 0) is 33.3 Å². The van der Waals surface area contributed by atoms with E-state index in [0.717, 1.165) is 5.56 Å². The molecule has 2 N–H and O–H groups in total. The summed E-state index contributed by atoms with van der Waals surface area (Å²) < 4.78 is 5.40. The first kappa shape index (κ1) is 15.5. The zero-order valence-corrected chi connectivity index (χ0v) is 12.4. The maximum Gasteiger partial charge on any atom is 0.410 e. The average molecular weight is 264 g/mol. The maximum absolute atomic E-state index is 12.2. The Morgan fingerprint density at radius 2 is 1.74 bits per heavy atom. The molecule has 0 aliphatic heterocycles. The maximum atomic E-state index is 12.2. The van der Waals surface area contributed by atoms with Gasteiger partial charge in [0, 0.05) is 13.6 Å². The summed E-state index contributed by atoms with van der Waals surface area (Å²) in [6.45, 7) is 7.81. The van der Waals surface area contributed by atoms with E-state index in [4.69, 9.17) is 10.5 Å². The van der Waals surface area contributed by atoms with Crippen LogP contribution in [-0.2, 0) is 10.3 Å². The van der Waals surface area contributed by atoms with Gasteiger partial charge in [-0.2, -0.15) is 0 Å². The molecule has 1 atom stereocenters. The molecule has 0 unspecified atom stereocenters. The van der Waals surface area contributed by atoms with Gasteiger partial charge in [0.1, 0.15) is 5.60 Å². The number of amides is 1. The highest BCUT2D eigenvalue weighted by atomic mass is 16.6. The summed E-state index contributed by atoms with van der Waals surface area (Å²) >= 11 is 0. The van der Waals surface area contributed by atoms with Crippen molar-refractivity contribution in [1.82, 2.24) is 4.90 Å². The van der Waals surface area contributed by atoms with Crippen LogP contribution in [0.5, 0.6) is 0 Å². The van der Waals surface area contributed by atoms with Crippen molar-refractivity contribution in [3.8, 4) is 0 Å². The fourth-order valence-corrected chi connectivity index (χ4v) is 1.78. The average Bonchev–Trinajstić information content (AvgIpc) is 2.36. The van der Waals surface area contributed by atoms with Gasteiger partial charge in [-0.3, -0.25) is 0 Å². The number of likely N-dealkylation sites (N-methyl/N-ethyl adjacent to an activating group) is 1.